The van der Waals surface area contributed by atoms with Crippen LogP contribution in [-0.2, 0) is 19.4 Å². The van der Waals surface area contributed by atoms with E-state index in [9.17, 15) is 4.79 Å². The van der Waals surface area contributed by atoms with Crippen LogP contribution in [-0.4, -0.2) is 22.4 Å². The Hall–Kier alpha value is -3.29. The number of nitrogens with zero attached hydrogens (tertiary/aromatic N) is 2. The second-order valence-corrected chi connectivity index (χ2v) is 12.0. The lowest BCUT2D eigenvalue weighted by molar-refractivity contribution is 0.0942. The Morgan fingerprint density at radius 1 is 1.16 bits per heavy atom. The van der Waals surface area contributed by atoms with Crippen LogP contribution in [0.15, 0.2) is 60.9 Å². The number of benzene rings is 1. The lowest BCUT2D eigenvalue weighted by Crippen LogP contribution is -2.33. The first-order valence-electron chi connectivity index (χ1n) is 13.0. The van der Waals surface area contributed by atoms with Crippen molar-refractivity contribution in [1.29, 1.82) is 0 Å². The van der Waals surface area contributed by atoms with Gasteiger partial charge in [-0.05, 0) is 83.7 Å². The summed E-state index contributed by atoms with van der Waals surface area (Å²) in [4.78, 5) is 23.9. The van der Waals surface area contributed by atoms with E-state index in [1.165, 1.54) is 29.0 Å². The fraction of sp³-hybridized carbons (Fsp3) is 0.367. The molecule has 2 atom stereocenters. The number of fused-ring (bicyclic) bond motifs is 2. The molecule has 0 unspecified atom stereocenters. The van der Waals surface area contributed by atoms with E-state index in [-0.39, 0.29) is 17.4 Å². The molecule has 1 aliphatic carbocycles. The quantitative estimate of drug-likeness (QED) is 0.287. The number of amides is 1. The van der Waals surface area contributed by atoms with E-state index in [4.69, 9.17) is 10.7 Å². The summed E-state index contributed by atoms with van der Waals surface area (Å²) in [5.41, 5.74) is 12.0. The Balaban J connectivity index is 1.29. The SMILES string of the molecule is CC(C)(C)[C@@H]1CCc2nc3sc(C(=O)N[C@H](CN)c4cccc(NCc5ccncc5)c4)cc3cc2C1. The average Bonchev–Trinajstić information content (AvgIpc) is 3.32. The molecule has 0 aliphatic heterocycles. The molecule has 0 fully saturated rings. The number of thiophene rings is 1. The van der Waals surface area contributed by atoms with Crippen molar-refractivity contribution in [1.82, 2.24) is 15.3 Å². The van der Waals surface area contributed by atoms with Crippen LogP contribution < -0.4 is 16.4 Å². The molecule has 192 valence electrons. The van der Waals surface area contributed by atoms with Gasteiger partial charge in [-0.25, -0.2) is 4.98 Å². The van der Waals surface area contributed by atoms with Crippen molar-refractivity contribution in [2.45, 2.75) is 52.6 Å². The first-order chi connectivity index (χ1) is 17.8. The molecule has 3 heterocycles. The van der Waals surface area contributed by atoms with E-state index >= 15 is 0 Å². The van der Waals surface area contributed by atoms with Crippen molar-refractivity contribution in [3.8, 4) is 0 Å². The first-order valence-corrected chi connectivity index (χ1v) is 13.8. The van der Waals surface area contributed by atoms with E-state index in [2.05, 4.69) is 42.5 Å². The number of carbonyl (C=O) groups excluding carboxylic acids is 1. The molecule has 0 radical (unpaired) electrons. The smallest absolute Gasteiger partial charge is 0.261 e. The molecule has 1 aromatic carbocycles. The van der Waals surface area contributed by atoms with Gasteiger partial charge in [0.05, 0.1) is 10.9 Å². The van der Waals surface area contributed by atoms with Crippen LogP contribution in [0.4, 0.5) is 5.69 Å². The van der Waals surface area contributed by atoms with Gasteiger partial charge in [0, 0.05) is 42.3 Å². The van der Waals surface area contributed by atoms with Crippen molar-refractivity contribution in [2.24, 2.45) is 17.1 Å². The maximum atomic E-state index is 13.3. The molecule has 6 nitrogen and oxygen atoms in total. The van der Waals surface area contributed by atoms with Gasteiger partial charge in [0.25, 0.3) is 5.91 Å². The average molecular weight is 514 g/mol. The summed E-state index contributed by atoms with van der Waals surface area (Å²) in [7, 11) is 0. The summed E-state index contributed by atoms with van der Waals surface area (Å²) in [6, 6.07) is 16.0. The summed E-state index contributed by atoms with van der Waals surface area (Å²) < 4.78 is 0. The highest BCUT2D eigenvalue weighted by Gasteiger charge is 2.30. The van der Waals surface area contributed by atoms with Crippen LogP contribution in [0.2, 0.25) is 0 Å². The molecular formula is C30H35N5OS. The number of hydrogen-bond acceptors (Lipinski definition) is 6. The third kappa shape index (κ3) is 5.84. The lowest BCUT2D eigenvalue weighted by atomic mass is 9.71. The molecule has 7 heteroatoms. The molecule has 37 heavy (non-hydrogen) atoms. The van der Waals surface area contributed by atoms with Gasteiger partial charge in [-0.1, -0.05) is 32.9 Å². The largest absolute Gasteiger partial charge is 0.381 e. The van der Waals surface area contributed by atoms with Crippen LogP contribution in [0.1, 0.15) is 65.3 Å². The zero-order chi connectivity index (χ0) is 26.0. The predicted molar refractivity (Wildman–Crippen MR) is 152 cm³/mol. The molecule has 1 amide bonds. The van der Waals surface area contributed by atoms with Gasteiger partial charge in [-0.2, -0.15) is 0 Å². The maximum absolute atomic E-state index is 13.3. The van der Waals surface area contributed by atoms with Gasteiger partial charge in [0.1, 0.15) is 4.83 Å². The van der Waals surface area contributed by atoms with Crippen molar-refractivity contribution in [2.75, 3.05) is 11.9 Å². The molecule has 0 saturated carbocycles. The highest BCUT2D eigenvalue weighted by atomic mass is 32.1. The highest BCUT2D eigenvalue weighted by molar-refractivity contribution is 7.20. The van der Waals surface area contributed by atoms with Crippen molar-refractivity contribution < 1.29 is 4.79 Å². The number of nitrogens with two attached hydrogens (primary N) is 1. The minimum Gasteiger partial charge on any atom is -0.381 e. The number of hydrogen-bond donors (Lipinski definition) is 3. The molecule has 0 saturated heterocycles. The fourth-order valence-corrected chi connectivity index (χ4v) is 5.99. The Labute approximate surface area is 222 Å². The zero-order valence-electron chi connectivity index (χ0n) is 21.8. The van der Waals surface area contributed by atoms with Gasteiger partial charge in [0.2, 0.25) is 0 Å². The van der Waals surface area contributed by atoms with Crippen molar-refractivity contribution >= 4 is 33.1 Å². The second-order valence-electron chi connectivity index (χ2n) is 11.0. The van der Waals surface area contributed by atoms with Crippen LogP contribution in [0, 0.1) is 11.3 Å². The zero-order valence-corrected chi connectivity index (χ0v) is 22.6. The number of pyridine rings is 2. The number of aryl methyl sites for hydroxylation is 1. The molecule has 1 aliphatic rings. The number of anilines is 1. The fourth-order valence-electron chi connectivity index (χ4n) is 5.05. The van der Waals surface area contributed by atoms with Crippen LogP contribution >= 0.6 is 11.3 Å². The Kier molecular flexibility index (Phi) is 7.26. The predicted octanol–water partition coefficient (Wildman–Crippen LogP) is 5.88. The van der Waals surface area contributed by atoms with Crippen LogP contribution in [0.3, 0.4) is 0 Å². The Bertz CT molecular complexity index is 1390. The second kappa shape index (κ2) is 10.6. The summed E-state index contributed by atoms with van der Waals surface area (Å²) in [5.74, 6) is 0.542. The third-order valence-electron chi connectivity index (χ3n) is 7.40. The van der Waals surface area contributed by atoms with E-state index in [0.717, 1.165) is 39.9 Å². The summed E-state index contributed by atoms with van der Waals surface area (Å²) in [6.45, 7) is 7.97. The van der Waals surface area contributed by atoms with Crippen LogP contribution in [0.5, 0.6) is 0 Å². The van der Waals surface area contributed by atoms with Gasteiger partial charge in [0.15, 0.2) is 0 Å². The summed E-state index contributed by atoms with van der Waals surface area (Å²) in [6.07, 6.45) is 6.80. The molecular weight excluding hydrogens is 478 g/mol. The molecule has 0 bridgehead atoms. The number of aromatic nitrogens is 2. The van der Waals surface area contributed by atoms with Gasteiger partial charge in [-0.15, -0.1) is 11.3 Å². The molecule has 5 rings (SSSR count). The van der Waals surface area contributed by atoms with E-state index in [0.29, 0.717) is 23.9 Å². The molecule has 4 aromatic rings. The van der Waals surface area contributed by atoms with Crippen molar-refractivity contribution in [3.05, 3.63) is 88.2 Å². The number of carbonyl (C=O) groups is 1. The van der Waals surface area contributed by atoms with E-state index in [1.807, 2.05) is 42.5 Å². The summed E-state index contributed by atoms with van der Waals surface area (Å²) >= 11 is 1.46. The first kappa shape index (κ1) is 25.4. The molecule has 4 N–H and O–H groups in total. The van der Waals surface area contributed by atoms with Crippen molar-refractivity contribution in [3.63, 3.8) is 0 Å². The lowest BCUT2D eigenvalue weighted by Gasteiger charge is -2.34. The highest BCUT2D eigenvalue weighted by Crippen LogP contribution is 2.38. The Morgan fingerprint density at radius 2 is 1.97 bits per heavy atom. The third-order valence-corrected chi connectivity index (χ3v) is 8.44. The van der Waals surface area contributed by atoms with Gasteiger partial charge >= 0.3 is 0 Å². The summed E-state index contributed by atoms with van der Waals surface area (Å²) in [5, 5.41) is 7.63. The minimum atomic E-state index is -0.283. The topological polar surface area (TPSA) is 92.9 Å². The van der Waals surface area contributed by atoms with E-state index in [1.54, 1.807) is 12.4 Å². The monoisotopic (exact) mass is 513 g/mol. The van der Waals surface area contributed by atoms with E-state index < -0.39 is 0 Å². The maximum Gasteiger partial charge on any atom is 0.261 e. The minimum absolute atomic E-state index is 0.112. The number of nitrogens with one attached hydrogen (secondary N) is 2. The Morgan fingerprint density at radius 3 is 2.73 bits per heavy atom. The van der Waals surface area contributed by atoms with Crippen LogP contribution in [0.25, 0.3) is 10.2 Å². The number of rotatable bonds is 7. The molecule has 0 spiro atoms. The molecule has 3 aromatic heterocycles. The standard InChI is InChI=1S/C30H35N5OS/c1-30(2,3)23-7-8-25-21(14-23)13-22-16-27(37-29(22)35-25)28(36)34-26(17-31)20-5-4-6-24(15-20)33-18-19-9-11-32-12-10-19/h4-6,9-13,15-16,23,26,33H,7-8,14,17-18,31H2,1-3H3,(H,34,36)/t23-,26-/m1/s1. The van der Waals surface area contributed by atoms with Gasteiger partial charge in [-0.3, -0.25) is 9.78 Å². The van der Waals surface area contributed by atoms with Gasteiger partial charge < -0.3 is 16.4 Å². The normalized spacial score (nSPS) is 16.3.